The Kier molecular flexibility index (Phi) is 12.4. The van der Waals surface area contributed by atoms with E-state index in [1.165, 1.54) is 52.1 Å². The number of rotatable bonds is 15. The van der Waals surface area contributed by atoms with Crippen LogP contribution in [-0.4, -0.2) is 78.5 Å². The third-order valence-corrected chi connectivity index (χ3v) is 8.14. The molecule has 4 amide bonds. The number of hydrogen-bond donors (Lipinski definition) is 5. The first-order valence-electron chi connectivity index (χ1n) is 15.0. The van der Waals surface area contributed by atoms with Gasteiger partial charge in [-0.3, -0.25) is 24.0 Å². The molecule has 1 saturated carbocycles. The van der Waals surface area contributed by atoms with Crippen molar-refractivity contribution in [1.29, 1.82) is 0 Å². The van der Waals surface area contributed by atoms with Crippen LogP contribution in [0.25, 0.3) is 0 Å². The zero-order valence-corrected chi connectivity index (χ0v) is 27.5. The summed E-state index contributed by atoms with van der Waals surface area (Å²) in [7, 11) is 1.36. The van der Waals surface area contributed by atoms with Crippen LogP contribution in [0.1, 0.15) is 50.8 Å². The maximum Gasteiger partial charge on any atom is 0.405 e. The molecule has 268 valence electrons. The van der Waals surface area contributed by atoms with Crippen LogP contribution in [0, 0.1) is 5.92 Å². The first-order valence-corrected chi connectivity index (χ1v) is 15.4. The SMILES string of the molecule is COc1ccc(C(NC(=O)C(NC(=O)C2(c3cccc(Cl)c3)CC2)C(C)O)C(=O)NC(C(=O)C(F)(F)C(=O)NCC(F)(F)F)C(C)C)cc1. The van der Waals surface area contributed by atoms with Gasteiger partial charge < -0.3 is 31.1 Å². The van der Waals surface area contributed by atoms with Crippen molar-refractivity contribution in [3.05, 3.63) is 64.7 Å². The van der Waals surface area contributed by atoms with Crippen molar-refractivity contribution in [3.8, 4) is 5.75 Å². The standard InChI is InChI=1S/C32H36ClF5N4O7/c1-16(2)22(25(44)32(37,38)29(48)39-15-31(34,35)36)40-27(46)24(18-8-10-21(49-4)11-9-18)41-26(45)23(17(3)43)42-28(47)30(12-13-30)19-6-5-7-20(33)14-19/h5-11,14,16-17,22-24,43H,12-13,15H2,1-4H3,(H,39,48)(H,40,46)(H,41,45)(H,42,47). The number of carbonyl (C=O) groups is 5. The van der Waals surface area contributed by atoms with Gasteiger partial charge in [0.25, 0.3) is 5.91 Å². The molecule has 3 rings (SSSR count). The van der Waals surface area contributed by atoms with Gasteiger partial charge in [0.15, 0.2) is 0 Å². The van der Waals surface area contributed by atoms with Gasteiger partial charge in [-0.1, -0.05) is 49.7 Å². The van der Waals surface area contributed by atoms with E-state index in [-0.39, 0.29) is 5.56 Å². The summed E-state index contributed by atoms with van der Waals surface area (Å²) in [6.07, 6.45) is -5.69. The lowest BCUT2D eigenvalue weighted by molar-refractivity contribution is -0.165. The molecule has 5 N–H and O–H groups in total. The number of ketones is 1. The Morgan fingerprint density at radius 2 is 1.51 bits per heavy atom. The Morgan fingerprint density at radius 1 is 0.898 bits per heavy atom. The molecule has 0 heterocycles. The summed E-state index contributed by atoms with van der Waals surface area (Å²) in [4.78, 5) is 65.4. The predicted molar refractivity (Wildman–Crippen MR) is 166 cm³/mol. The topological polar surface area (TPSA) is 163 Å². The summed E-state index contributed by atoms with van der Waals surface area (Å²) in [5, 5.41) is 18.8. The second-order valence-corrected chi connectivity index (χ2v) is 12.4. The molecule has 4 unspecified atom stereocenters. The highest BCUT2D eigenvalue weighted by molar-refractivity contribution is 6.30. The van der Waals surface area contributed by atoms with E-state index in [2.05, 4.69) is 16.0 Å². The molecular formula is C32H36ClF5N4O7. The van der Waals surface area contributed by atoms with E-state index < -0.39 is 83.6 Å². The van der Waals surface area contributed by atoms with Gasteiger partial charge in [-0.15, -0.1) is 0 Å². The van der Waals surface area contributed by atoms with E-state index in [1.807, 2.05) is 0 Å². The predicted octanol–water partition coefficient (Wildman–Crippen LogP) is 3.13. The maximum absolute atomic E-state index is 14.8. The number of ether oxygens (including phenoxy) is 1. The van der Waals surface area contributed by atoms with E-state index in [9.17, 15) is 51.0 Å². The largest absolute Gasteiger partial charge is 0.497 e. The summed E-state index contributed by atoms with van der Waals surface area (Å²) in [6, 6.07) is 6.58. The Hall–Kier alpha value is -4.31. The fourth-order valence-corrected chi connectivity index (χ4v) is 5.13. The smallest absolute Gasteiger partial charge is 0.405 e. The molecule has 0 saturated heterocycles. The Balaban J connectivity index is 1.88. The average Bonchev–Trinajstić information content (AvgIpc) is 3.85. The van der Waals surface area contributed by atoms with Gasteiger partial charge in [0, 0.05) is 5.02 Å². The summed E-state index contributed by atoms with van der Waals surface area (Å²) in [5.74, 6) is -13.4. The van der Waals surface area contributed by atoms with Crippen LogP contribution in [0.3, 0.4) is 0 Å². The highest BCUT2D eigenvalue weighted by atomic mass is 35.5. The van der Waals surface area contributed by atoms with Crippen LogP contribution in [-0.2, 0) is 29.4 Å². The first kappa shape index (κ1) is 39.1. The van der Waals surface area contributed by atoms with E-state index >= 15 is 0 Å². The fourth-order valence-electron chi connectivity index (χ4n) is 4.94. The maximum atomic E-state index is 14.8. The first-order chi connectivity index (χ1) is 22.7. The number of amides is 4. The van der Waals surface area contributed by atoms with Crippen molar-refractivity contribution in [2.45, 2.75) is 75.4 Å². The zero-order chi connectivity index (χ0) is 36.9. The fraction of sp³-hybridized carbons (Fsp3) is 0.469. The minimum absolute atomic E-state index is 0.0459. The normalized spacial score (nSPS) is 16.4. The minimum Gasteiger partial charge on any atom is -0.497 e. The van der Waals surface area contributed by atoms with Crippen molar-refractivity contribution in [2.75, 3.05) is 13.7 Å². The van der Waals surface area contributed by atoms with E-state index in [4.69, 9.17) is 16.3 Å². The molecule has 0 aromatic heterocycles. The summed E-state index contributed by atoms with van der Waals surface area (Å²) in [5.41, 5.74) is -0.386. The minimum atomic E-state index is -5.04. The van der Waals surface area contributed by atoms with Crippen molar-refractivity contribution in [1.82, 2.24) is 21.3 Å². The van der Waals surface area contributed by atoms with Crippen LogP contribution in [0.2, 0.25) is 5.02 Å². The van der Waals surface area contributed by atoms with E-state index in [0.29, 0.717) is 29.2 Å². The van der Waals surface area contributed by atoms with Crippen LogP contribution < -0.4 is 26.0 Å². The number of Topliss-reactive ketones (excluding diaryl/α,β-unsaturated/α-hetero) is 1. The Bertz CT molecular complexity index is 1550. The van der Waals surface area contributed by atoms with Crippen LogP contribution in [0.4, 0.5) is 22.0 Å². The van der Waals surface area contributed by atoms with E-state index in [0.717, 1.165) is 5.32 Å². The van der Waals surface area contributed by atoms with Gasteiger partial charge in [-0.25, -0.2) is 0 Å². The molecule has 0 bridgehead atoms. The number of halogens is 6. The molecular weight excluding hydrogens is 683 g/mol. The van der Waals surface area contributed by atoms with Crippen molar-refractivity contribution in [3.63, 3.8) is 0 Å². The monoisotopic (exact) mass is 718 g/mol. The van der Waals surface area contributed by atoms with Gasteiger partial charge in [-0.05, 0) is 61.1 Å². The molecule has 1 aliphatic carbocycles. The molecule has 1 fully saturated rings. The van der Waals surface area contributed by atoms with Gasteiger partial charge in [0.2, 0.25) is 23.5 Å². The van der Waals surface area contributed by atoms with Gasteiger partial charge in [0.05, 0.1) is 24.7 Å². The van der Waals surface area contributed by atoms with Crippen molar-refractivity contribution in [2.24, 2.45) is 5.92 Å². The Labute approximate surface area is 283 Å². The average molecular weight is 719 g/mol. The molecule has 11 nitrogen and oxygen atoms in total. The summed E-state index contributed by atoms with van der Waals surface area (Å²) >= 11 is 6.09. The van der Waals surface area contributed by atoms with Crippen molar-refractivity contribution >= 4 is 41.0 Å². The lowest BCUT2D eigenvalue weighted by atomic mass is 9.94. The molecule has 2 aromatic rings. The highest BCUT2D eigenvalue weighted by Gasteiger charge is 2.53. The molecule has 2 aromatic carbocycles. The number of methoxy groups -OCH3 is 1. The number of hydrogen-bond acceptors (Lipinski definition) is 7. The lowest BCUT2D eigenvalue weighted by Gasteiger charge is -2.29. The lowest BCUT2D eigenvalue weighted by Crippen LogP contribution is -2.59. The zero-order valence-electron chi connectivity index (χ0n) is 26.8. The third-order valence-electron chi connectivity index (χ3n) is 7.90. The molecule has 17 heteroatoms. The number of aliphatic hydroxyl groups excluding tert-OH is 1. The number of aliphatic hydroxyl groups is 1. The van der Waals surface area contributed by atoms with Crippen LogP contribution in [0.15, 0.2) is 48.5 Å². The third kappa shape index (κ3) is 9.65. The molecule has 1 aliphatic rings. The molecule has 0 radical (unpaired) electrons. The molecule has 0 aliphatic heterocycles. The number of nitrogens with one attached hydrogen (secondary N) is 4. The van der Waals surface area contributed by atoms with Crippen molar-refractivity contribution < 1.29 is 55.8 Å². The second-order valence-electron chi connectivity index (χ2n) is 12.0. The van der Waals surface area contributed by atoms with Crippen LogP contribution >= 0.6 is 11.6 Å². The number of alkyl halides is 5. The summed E-state index contributed by atoms with van der Waals surface area (Å²) < 4.78 is 72.2. The van der Waals surface area contributed by atoms with Gasteiger partial charge in [0.1, 0.15) is 24.4 Å². The van der Waals surface area contributed by atoms with Crippen LogP contribution in [0.5, 0.6) is 5.75 Å². The van der Waals surface area contributed by atoms with E-state index in [1.54, 1.807) is 24.3 Å². The van der Waals surface area contributed by atoms with Gasteiger partial charge in [-0.2, -0.15) is 22.0 Å². The molecule has 4 atom stereocenters. The molecule has 49 heavy (non-hydrogen) atoms. The van der Waals surface area contributed by atoms with Gasteiger partial charge >= 0.3 is 12.1 Å². The summed E-state index contributed by atoms with van der Waals surface area (Å²) in [6.45, 7) is 1.56. The Morgan fingerprint density at radius 3 is 2.00 bits per heavy atom. The quantitative estimate of drug-likeness (QED) is 0.140. The number of carbonyl (C=O) groups excluding carboxylic acids is 5. The number of benzene rings is 2. The highest BCUT2D eigenvalue weighted by Crippen LogP contribution is 2.49. The second kappa shape index (κ2) is 15.5. The molecule has 0 spiro atoms.